The number of aromatic nitrogens is 3. The van der Waals surface area contributed by atoms with Crippen molar-refractivity contribution in [1.82, 2.24) is 14.8 Å². The van der Waals surface area contributed by atoms with E-state index in [2.05, 4.69) is 22.2 Å². The molecule has 1 aromatic carbocycles. The minimum atomic E-state index is 0.892. The van der Waals surface area contributed by atoms with Gasteiger partial charge in [-0.25, -0.2) is 9.67 Å². The van der Waals surface area contributed by atoms with Crippen LogP contribution >= 0.6 is 11.3 Å². The molecule has 78 valence electrons. The molecule has 2 heterocycles. The molecule has 0 aliphatic heterocycles. The van der Waals surface area contributed by atoms with Crippen molar-refractivity contribution in [3.63, 3.8) is 0 Å². The summed E-state index contributed by atoms with van der Waals surface area (Å²) in [6.07, 6.45) is 3.58. The van der Waals surface area contributed by atoms with Crippen LogP contribution in [0.1, 0.15) is 0 Å². The molecule has 0 fully saturated rings. The molecule has 2 aromatic heterocycles. The summed E-state index contributed by atoms with van der Waals surface area (Å²) in [6, 6.07) is 12.2. The van der Waals surface area contributed by atoms with Gasteiger partial charge in [-0.3, -0.25) is 0 Å². The summed E-state index contributed by atoms with van der Waals surface area (Å²) in [5.41, 5.74) is 2.21. The Morgan fingerprint density at radius 3 is 2.62 bits per heavy atom. The lowest BCUT2D eigenvalue weighted by Crippen LogP contribution is -1.97. The fraction of sp³-hybridized carbons (Fsp3) is 0. The zero-order chi connectivity index (χ0) is 10.8. The van der Waals surface area contributed by atoms with Crippen LogP contribution in [0.3, 0.4) is 0 Å². The van der Waals surface area contributed by atoms with Crippen molar-refractivity contribution < 1.29 is 0 Å². The third-order valence-electron chi connectivity index (χ3n) is 2.31. The number of thiazole rings is 1. The van der Waals surface area contributed by atoms with Crippen molar-refractivity contribution in [2.45, 2.75) is 0 Å². The van der Waals surface area contributed by atoms with E-state index in [0.29, 0.717) is 0 Å². The summed E-state index contributed by atoms with van der Waals surface area (Å²) in [7, 11) is 0. The van der Waals surface area contributed by atoms with Gasteiger partial charge in [0.25, 0.3) is 0 Å². The third-order valence-corrected chi connectivity index (χ3v) is 3.06. The highest BCUT2D eigenvalue weighted by atomic mass is 32.1. The van der Waals surface area contributed by atoms with Crippen LogP contribution in [0, 0.1) is 0 Å². The molecule has 16 heavy (non-hydrogen) atoms. The smallest absolute Gasteiger partial charge is 0.210 e. The number of benzene rings is 1. The maximum atomic E-state index is 4.30. The summed E-state index contributed by atoms with van der Waals surface area (Å²) in [6.45, 7) is 0. The van der Waals surface area contributed by atoms with Crippen molar-refractivity contribution in [3.05, 3.63) is 54.2 Å². The quantitative estimate of drug-likeness (QED) is 0.673. The lowest BCUT2D eigenvalue weighted by molar-refractivity contribution is 0.877. The van der Waals surface area contributed by atoms with Crippen molar-refractivity contribution in [2.75, 3.05) is 0 Å². The Morgan fingerprint density at radius 2 is 1.88 bits per heavy atom. The minimum absolute atomic E-state index is 0.892. The zero-order valence-electron chi connectivity index (χ0n) is 8.45. The Bertz CT molecular complexity index is 569. The van der Waals surface area contributed by atoms with Gasteiger partial charge in [0.2, 0.25) is 5.13 Å². The summed E-state index contributed by atoms with van der Waals surface area (Å²) < 4.78 is 1.86. The average Bonchev–Trinajstić information content (AvgIpc) is 3.01. The second-order valence-electron chi connectivity index (χ2n) is 3.31. The zero-order valence-corrected chi connectivity index (χ0v) is 9.26. The van der Waals surface area contributed by atoms with Crippen LogP contribution in [-0.2, 0) is 0 Å². The summed E-state index contributed by atoms with van der Waals surface area (Å²) in [5.74, 6) is 0. The van der Waals surface area contributed by atoms with E-state index >= 15 is 0 Å². The largest absolute Gasteiger partial charge is 0.227 e. The predicted octanol–water partition coefficient (Wildman–Crippen LogP) is 3.00. The third kappa shape index (κ3) is 1.53. The van der Waals surface area contributed by atoms with E-state index in [9.17, 15) is 0 Å². The van der Waals surface area contributed by atoms with Crippen LogP contribution in [0.25, 0.3) is 16.4 Å². The number of hydrogen-bond acceptors (Lipinski definition) is 3. The van der Waals surface area contributed by atoms with Crippen LogP contribution in [0.15, 0.2) is 54.2 Å². The van der Waals surface area contributed by atoms with Crippen molar-refractivity contribution in [3.8, 4) is 16.4 Å². The van der Waals surface area contributed by atoms with E-state index in [4.69, 9.17) is 0 Å². The van der Waals surface area contributed by atoms with Crippen LogP contribution in [0.4, 0.5) is 0 Å². The molecule has 0 aliphatic carbocycles. The van der Waals surface area contributed by atoms with E-state index in [1.165, 1.54) is 0 Å². The Labute approximate surface area is 97.0 Å². The molecule has 3 aromatic rings. The average molecular weight is 227 g/mol. The molecule has 0 saturated carbocycles. The normalized spacial score (nSPS) is 10.5. The SMILES string of the molecule is c1ccc(-c2ccnn2-c2nccs2)cc1. The molecule has 0 radical (unpaired) electrons. The van der Waals surface area contributed by atoms with Gasteiger partial charge in [0.1, 0.15) is 0 Å². The van der Waals surface area contributed by atoms with Crippen molar-refractivity contribution >= 4 is 11.3 Å². The van der Waals surface area contributed by atoms with Gasteiger partial charge in [0.05, 0.1) is 11.9 Å². The molecule has 3 rings (SSSR count). The molecule has 0 aliphatic rings. The lowest BCUT2D eigenvalue weighted by atomic mass is 10.1. The number of rotatable bonds is 2. The van der Waals surface area contributed by atoms with Crippen molar-refractivity contribution in [2.24, 2.45) is 0 Å². The molecule has 0 unspecified atom stereocenters. The van der Waals surface area contributed by atoms with Gasteiger partial charge in [0.15, 0.2) is 0 Å². The van der Waals surface area contributed by atoms with Gasteiger partial charge in [-0.15, -0.1) is 11.3 Å². The molecular formula is C12H9N3S. The molecule has 0 bridgehead atoms. The summed E-state index contributed by atoms with van der Waals surface area (Å²) in [4.78, 5) is 4.26. The van der Waals surface area contributed by atoms with E-state index < -0.39 is 0 Å². The maximum Gasteiger partial charge on any atom is 0.210 e. The van der Waals surface area contributed by atoms with E-state index in [1.807, 2.05) is 34.3 Å². The highest BCUT2D eigenvalue weighted by Crippen LogP contribution is 2.22. The summed E-state index contributed by atoms with van der Waals surface area (Å²) in [5, 5.41) is 7.14. The fourth-order valence-corrected chi connectivity index (χ4v) is 2.21. The van der Waals surface area contributed by atoms with Gasteiger partial charge in [-0.1, -0.05) is 30.3 Å². The van der Waals surface area contributed by atoms with E-state index in [1.54, 1.807) is 23.7 Å². The van der Waals surface area contributed by atoms with E-state index in [-0.39, 0.29) is 0 Å². The number of hydrogen-bond donors (Lipinski definition) is 0. The molecule has 0 atom stereocenters. The molecule has 0 amide bonds. The molecule has 4 heteroatoms. The first kappa shape index (κ1) is 9.30. The Morgan fingerprint density at radius 1 is 1.00 bits per heavy atom. The monoisotopic (exact) mass is 227 g/mol. The van der Waals surface area contributed by atoms with Gasteiger partial charge in [0, 0.05) is 17.1 Å². The van der Waals surface area contributed by atoms with E-state index in [0.717, 1.165) is 16.4 Å². The number of nitrogens with zero attached hydrogens (tertiary/aromatic N) is 3. The molecular weight excluding hydrogens is 218 g/mol. The first-order valence-corrected chi connectivity index (χ1v) is 5.82. The van der Waals surface area contributed by atoms with Crippen LogP contribution in [-0.4, -0.2) is 14.8 Å². The van der Waals surface area contributed by atoms with Gasteiger partial charge in [-0.2, -0.15) is 5.10 Å². The summed E-state index contributed by atoms with van der Waals surface area (Å²) >= 11 is 1.58. The molecule has 0 saturated heterocycles. The highest BCUT2D eigenvalue weighted by Gasteiger charge is 2.07. The molecule has 3 nitrogen and oxygen atoms in total. The first-order valence-electron chi connectivity index (χ1n) is 4.94. The Hall–Kier alpha value is -1.94. The topological polar surface area (TPSA) is 30.7 Å². The predicted molar refractivity (Wildman–Crippen MR) is 64.7 cm³/mol. The van der Waals surface area contributed by atoms with Crippen LogP contribution < -0.4 is 0 Å². The van der Waals surface area contributed by atoms with Gasteiger partial charge < -0.3 is 0 Å². The Balaban J connectivity index is 2.14. The maximum absolute atomic E-state index is 4.30. The van der Waals surface area contributed by atoms with Crippen LogP contribution in [0.5, 0.6) is 0 Å². The molecule has 0 N–H and O–H groups in total. The molecule has 0 spiro atoms. The van der Waals surface area contributed by atoms with Gasteiger partial charge in [-0.05, 0) is 6.07 Å². The fourth-order valence-electron chi connectivity index (χ4n) is 1.60. The highest BCUT2D eigenvalue weighted by molar-refractivity contribution is 7.12. The van der Waals surface area contributed by atoms with Gasteiger partial charge >= 0.3 is 0 Å². The second-order valence-corrected chi connectivity index (χ2v) is 4.18. The first-order chi connectivity index (χ1) is 7.95. The van der Waals surface area contributed by atoms with Crippen molar-refractivity contribution in [1.29, 1.82) is 0 Å². The van der Waals surface area contributed by atoms with Crippen LogP contribution in [0.2, 0.25) is 0 Å². The standard InChI is InChI=1S/C12H9N3S/c1-2-4-10(5-3-1)11-6-7-14-15(11)12-13-8-9-16-12/h1-9H. The minimum Gasteiger partial charge on any atom is -0.227 e. The second kappa shape index (κ2) is 3.90. The Kier molecular flexibility index (Phi) is 2.27. The lowest BCUT2D eigenvalue weighted by Gasteiger charge is -2.03.